The van der Waals surface area contributed by atoms with Crippen LogP contribution >= 0.6 is 11.6 Å². The largest absolute Gasteiger partial charge is 0.508 e. The van der Waals surface area contributed by atoms with Crippen molar-refractivity contribution >= 4 is 34.7 Å². The molecule has 0 aromatic heterocycles. The Morgan fingerprint density at radius 3 is 2.37 bits per heavy atom. The predicted octanol–water partition coefficient (Wildman–Crippen LogP) is 5.31. The van der Waals surface area contributed by atoms with E-state index in [9.17, 15) is 19.8 Å². The van der Waals surface area contributed by atoms with Crippen molar-refractivity contribution in [1.29, 1.82) is 0 Å². The van der Waals surface area contributed by atoms with Gasteiger partial charge in [0.05, 0.1) is 36.4 Å². The zero-order valence-corrected chi connectivity index (χ0v) is 20.4. The van der Waals surface area contributed by atoms with Crippen molar-refractivity contribution in [2.45, 2.75) is 19.9 Å². The zero-order chi connectivity index (χ0) is 25.4. The van der Waals surface area contributed by atoms with Crippen LogP contribution in [0.5, 0.6) is 17.2 Å². The van der Waals surface area contributed by atoms with E-state index in [1.165, 1.54) is 37.3 Å². The molecule has 1 saturated heterocycles. The van der Waals surface area contributed by atoms with E-state index < -0.39 is 17.7 Å². The monoisotopic (exact) mass is 493 g/mol. The molecule has 7 nitrogen and oxygen atoms in total. The molecule has 1 atom stereocenters. The number of ketones is 1. The number of halogens is 1. The number of amides is 1. The van der Waals surface area contributed by atoms with E-state index >= 15 is 0 Å². The number of methoxy groups -OCH3 is 2. The number of carbonyl (C=O) groups excluding carboxylic acids is 2. The van der Waals surface area contributed by atoms with Gasteiger partial charge in [0, 0.05) is 5.69 Å². The van der Waals surface area contributed by atoms with Crippen LogP contribution in [0.2, 0.25) is 5.02 Å². The van der Waals surface area contributed by atoms with E-state index in [-0.39, 0.29) is 22.1 Å². The summed E-state index contributed by atoms with van der Waals surface area (Å²) in [5, 5.41) is 21.9. The molecule has 180 valence electrons. The number of rotatable bonds is 5. The molecule has 1 unspecified atom stereocenters. The molecule has 0 aliphatic carbocycles. The summed E-state index contributed by atoms with van der Waals surface area (Å²) in [7, 11) is 2.94. The highest BCUT2D eigenvalue weighted by Crippen LogP contribution is 2.45. The van der Waals surface area contributed by atoms with Crippen molar-refractivity contribution in [2.75, 3.05) is 19.1 Å². The predicted molar refractivity (Wildman–Crippen MR) is 133 cm³/mol. The van der Waals surface area contributed by atoms with E-state index in [4.69, 9.17) is 21.1 Å². The average Bonchev–Trinajstić information content (AvgIpc) is 3.08. The van der Waals surface area contributed by atoms with E-state index in [1.807, 2.05) is 19.9 Å². The quantitative estimate of drug-likeness (QED) is 0.284. The van der Waals surface area contributed by atoms with Gasteiger partial charge in [-0.3, -0.25) is 14.5 Å². The number of nitrogens with zero attached hydrogens (tertiary/aromatic N) is 1. The molecule has 1 heterocycles. The number of ether oxygens (including phenoxy) is 2. The van der Waals surface area contributed by atoms with Crippen molar-refractivity contribution in [3.05, 3.63) is 87.4 Å². The van der Waals surface area contributed by atoms with Gasteiger partial charge in [-0.2, -0.15) is 0 Å². The van der Waals surface area contributed by atoms with Gasteiger partial charge in [-0.25, -0.2) is 0 Å². The topological polar surface area (TPSA) is 96.3 Å². The van der Waals surface area contributed by atoms with Gasteiger partial charge in [0.2, 0.25) is 0 Å². The normalized spacial score (nSPS) is 17.1. The highest BCUT2D eigenvalue weighted by Gasteiger charge is 2.47. The van der Waals surface area contributed by atoms with Gasteiger partial charge in [0.15, 0.2) is 0 Å². The number of aromatic hydroxyl groups is 1. The first-order valence-corrected chi connectivity index (χ1v) is 11.1. The fourth-order valence-corrected chi connectivity index (χ4v) is 4.71. The lowest BCUT2D eigenvalue weighted by atomic mass is 9.93. The molecule has 1 aliphatic rings. The summed E-state index contributed by atoms with van der Waals surface area (Å²) >= 11 is 6.31. The number of carbonyl (C=O) groups is 2. The number of anilines is 1. The molecule has 2 N–H and O–H groups in total. The first-order chi connectivity index (χ1) is 16.7. The molecular formula is C27H24ClNO6. The number of Topliss-reactive ketones (excluding diaryl/α,β-unsaturated/α-hetero) is 1. The maximum Gasteiger partial charge on any atom is 0.300 e. The average molecular weight is 494 g/mol. The second kappa shape index (κ2) is 9.35. The van der Waals surface area contributed by atoms with Crippen LogP contribution < -0.4 is 14.4 Å². The molecule has 3 aromatic rings. The molecule has 1 aliphatic heterocycles. The summed E-state index contributed by atoms with van der Waals surface area (Å²) in [5.74, 6) is -1.34. The minimum absolute atomic E-state index is 0.0511. The Labute approximate surface area is 207 Å². The Morgan fingerprint density at radius 1 is 1.00 bits per heavy atom. The van der Waals surface area contributed by atoms with Gasteiger partial charge >= 0.3 is 0 Å². The second-order valence-electron chi connectivity index (χ2n) is 8.25. The maximum absolute atomic E-state index is 13.4. The lowest BCUT2D eigenvalue weighted by molar-refractivity contribution is -0.132. The van der Waals surface area contributed by atoms with E-state index in [2.05, 4.69) is 0 Å². The standard InChI is InChI=1S/C27H24ClNO6/c1-14-10-15(2)26(35-4)19(11-14)24(31)22-23(16-6-5-7-18(30)12-16)29(27(33)25(22)32)17-8-9-21(34-3)20(28)13-17/h5-13,23,30-31H,1-4H3/b24-22+. The molecule has 35 heavy (non-hydrogen) atoms. The molecule has 1 fully saturated rings. The number of aliphatic hydroxyl groups is 1. The van der Waals surface area contributed by atoms with Gasteiger partial charge in [-0.1, -0.05) is 29.8 Å². The Hall–Kier alpha value is -3.97. The number of hydrogen-bond donors (Lipinski definition) is 2. The molecule has 0 spiro atoms. The SMILES string of the molecule is COc1ccc(N2C(=O)C(=O)/C(=C(/O)c3cc(C)cc(C)c3OC)C2c2cccc(O)c2)cc1Cl. The Kier molecular flexibility index (Phi) is 6.45. The van der Waals surface area contributed by atoms with E-state index in [0.29, 0.717) is 28.3 Å². The van der Waals surface area contributed by atoms with Crippen molar-refractivity contribution in [3.8, 4) is 17.2 Å². The van der Waals surface area contributed by atoms with Gasteiger partial charge in [-0.15, -0.1) is 0 Å². The second-order valence-corrected chi connectivity index (χ2v) is 8.65. The first-order valence-electron chi connectivity index (χ1n) is 10.8. The summed E-state index contributed by atoms with van der Waals surface area (Å²) in [6.45, 7) is 3.68. The summed E-state index contributed by atoms with van der Waals surface area (Å²) in [5.41, 5.74) is 2.53. The number of hydrogen-bond acceptors (Lipinski definition) is 6. The summed E-state index contributed by atoms with van der Waals surface area (Å²) < 4.78 is 10.7. The molecule has 4 rings (SSSR count). The lowest BCUT2D eigenvalue weighted by Crippen LogP contribution is -2.29. The third kappa shape index (κ3) is 4.19. The molecule has 3 aromatic carbocycles. The van der Waals surface area contributed by atoms with Gasteiger partial charge in [0.1, 0.15) is 23.0 Å². The molecule has 0 saturated carbocycles. The lowest BCUT2D eigenvalue weighted by Gasteiger charge is -2.26. The fraction of sp³-hybridized carbons (Fsp3) is 0.185. The Bertz CT molecular complexity index is 1380. The van der Waals surface area contributed by atoms with Crippen LogP contribution in [-0.4, -0.2) is 36.1 Å². The number of aliphatic hydroxyl groups excluding tert-OH is 1. The van der Waals surface area contributed by atoms with Gasteiger partial charge in [-0.05, 0) is 66.9 Å². The number of aryl methyl sites for hydroxylation is 2. The zero-order valence-electron chi connectivity index (χ0n) is 19.6. The van der Waals surface area contributed by atoms with Crippen LogP contribution in [0.15, 0.2) is 60.2 Å². The fourth-order valence-electron chi connectivity index (χ4n) is 4.46. The molecular weight excluding hydrogens is 470 g/mol. The van der Waals surface area contributed by atoms with Crippen LogP contribution in [0.4, 0.5) is 5.69 Å². The third-order valence-corrected chi connectivity index (χ3v) is 6.22. The molecule has 0 bridgehead atoms. The molecule has 8 heteroatoms. The minimum atomic E-state index is -1.03. The third-order valence-electron chi connectivity index (χ3n) is 5.92. The highest BCUT2D eigenvalue weighted by atomic mass is 35.5. The number of benzene rings is 3. The summed E-state index contributed by atoms with van der Waals surface area (Å²) in [4.78, 5) is 28.0. The summed E-state index contributed by atoms with van der Waals surface area (Å²) in [6.07, 6.45) is 0. The van der Waals surface area contributed by atoms with E-state index in [0.717, 1.165) is 11.1 Å². The molecule has 0 radical (unpaired) electrons. The van der Waals surface area contributed by atoms with Crippen molar-refractivity contribution in [3.63, 3.8) is 0 Å². The van der Waals surface area contributed by atoms with Crippen LogP contribution in [-0.2, 0) is 9.59 Å². The number of phenols is 1. The van der Waals surface area contributed by atoms with Crippen LogP contribution in [0, 0.1) is 13.8 Å². The number of phenolic OH excluding ortho intramolecular Hbond substituents is 1. The van der Waals surface area contributed by atoms with Crippen molar-refractivity contribution in [1.82, 2.24) is 0 Å². The molecule has 1 amide bonds. The Morgan fingerprint density at radius 2 is 1.74 bits per heavy atom. The van der Waals surface area contributed by atoms with Crippen LogP contribution in [0.3, 0.4) is 0 Å². The highest BCUT2D eigenvalue weighted by molar-refractivity contribution is 6.52. The van der Waals surface area contributed by atoms with E-state index in [1.54, 1.807) is 30.3 Å². The van der Waals surface area contributed by atoms with Gasteiger partial charge < -0.3 is 19.7 Å². The smallest absolute Gasteiger partial charge is 0.300 e. The maximum atomic E-state index is 13.4. The Balaban J connectivity index is 2.01. The van der Waals surface area contributed by atoms with Crippen molar-refractivity contribution in [2.24, 2.45) is 0 Å². The van der Waals surface area contributed by atoms with Gasteiger partial charge in [0.25, 0.3) is 11.7 Å². The van der Waals surface area contributed by atoms with Crippen LogP contribution in [0.1, 0.15) is 28.3 Å². The summed E-state index contributed by atoms with van der Waals surface area (Å²) in [6, 6.07) is 13.4. The minimum Gasteiger partial charge on any atom is -0.508 e. The van der Waals surface area contributed by atoms with Crippen molar-refractivity contribution < 1.29 is 29.3 Å². The first kappa shape index (κ1) is 24.2. The van der Waals surface area contributed by atoms with Crippen LogP contribution in [0.25, 0.3) is 5.76 Å².